The molecule has 0 saturated carbocycles. The van der Waals surface area contributed by atoms with Crippen molar-refractivity contribution in [2.24, 2.45) is 0 Å². The molecule has 0 aromatic heterocycles. The summed E-state index contributed by atoms with van der Waals surface area (Å²) in [6, 6.07) is 29.4. The van der Waals surface area contributed by atoms with Gasteiger partial charge in [-0.2, -0.15) is 5.26 Å². The molecule has 0 radical (unpaired) electrons. The highest BCUT2D eigenvalue weighted by atomic mass is 16.4. The Morgan fingerprint density at radius 3 is 1.56 bits per heavy atom. The fourth-order valence-corrected chi connectivity index (χ4v) is 3.36. The van der Waals surface area contributed by atoms with Gasteiger partial charge in [0, 0.05) is 0 Å². The molecule has 2 N–H and O–H groups in total. The zero-order valence-corrected chi connectivity index (χ0v) is 14.5. The van der Waals surface area contributed by atoms with Crippen molar-refractivity contribution >= 4 is 23.4 Å². The summed E-state index contributed by atoms with van der Waals surface area (Å²) >= 11 is 0. The van der Waals surface area contributed by atoms with E-state index in [-0.39, 0.29) is 0 Å². The third kappa shape index (κ3) is 3.22. The van der Waals surface area contributed by atoms with Crippen LogP contribution in [0.15, 0.2) is 84.9 Å². The van der Waals surface area contributed by atoms with Crippen molar-refractivity contribution in [3.8, 4) is 28.3 Å². The molecule has 4 aromatic carbocycles. The largest absolute Gasteiger partial charge is 0.488 e. The lowest BCUT2D eigenvalue weighted by molar-refractivity contribution is 0.426. The maximum atomic E-state index is 9.29. The molecule has 3 nitrogen and oxygen atoms in total. The van der Waals surface area contributed by atoms with Crippen LogP contribution in [0.1, 0.15) is 5.56 Å². The molecule has 4 rings (SSSR count). The van der Waals surface area contributed by atoms with Crippen LogP contribution in [0.3, 0.4) is 0 Å². The Hall–Kier alpha value is -3.39. The second-order valence-corrected chi connectivity index (χ2v) is 6.39. The Bertz CT molecular complexity index is 1140. The van der Waals surface area contributed by atoms with E-state index in [1.165, 1.54) is 0 Å². The molecule has 0 unspecified atom stereocenters. The van der Waals surface area contributed by atoms with Crippen molar-refractivity contribution < 1.29 is 10.0 Å². The van der Waals surface area contributed by atoms with E-state index in [1.54, 1.807) is 12.1 Å². The normalized spacial score (nSPS) is 10.6. The van der Waals surface area contributed by atoms with Gasteiger partial charge in [0.25, 0.3) is 0 Å². The number of rotatable bonds is 3. The van der Waals surface area contributed by atoms with Gasteiger partial charge in [0.15, 0.2) is 0 Å². The van der Waals surface area contributed by atoms with E-state index < -0.39 is 7.12 Å². The Morgan fingerprint density at radius 2 is 1.11 bits per heavy atom. The van der Waals surface area contributed by atoms with E-state index in [1.807, 2.05) is 48.5 Å². The fraction of sp³-hybridized carbons (Fsp3) is 0. The number of fused-ring (bicyclic) bond motifs is 1. The summed E-state index contributed by atoms with van der Waals surface area (Å²) in [7, 11) is -1.46. The standard InChI is InChI=1S/C23H16BNO2/c25-15-16-5-7-17(8-6-16)20-13-14-21(23-4-2-1-3-22(20)23)18-9-11-19(12-10-18)24(26)27/h1-14,26-27H. The van der Waals surface area contributed by atoms with Crippen LogP contribution in [0.5, 0.6) is 0 Å². The summed E-state index contributed by atoms with van der Waals surface area (Å²) in [5.41, 5.74) is 5.39. The monoisotopic (exact) mass is 349 g/mol. The average Bonchev–Trinajstić information content (AvgIpc) is 2.73. The summed E-state index contributed by atoms with van der Waals surface area (Å²) < 4.78 is 0. The van der Waals surface area contributed by atoms with Crippen molar-refractivity contribution in [2.75, 3.05) is 0 Å². The fourth-order valence-electron chi connectivity index (χ4n) is 3.36. The maximum Gasteiger partial charge on any atom is 0.488 e. The van der Waals surface area contributed by atoms with Gasteiger partial charge in [0.1, 0.15) is 0 Å². The van der Waals surface area contributed by atoms with Crippen molar-refractivity contribution in [1.29, 1.82) is 5.26 Å². The first-order chi connectivity index (χ1) is 13.2. The molecule has 0 aliphatic carbocycles. The predicted octanol–water partition coefficient (Wildman–Crippen LogP) is 3.73. The highest BCUT2D eigenvalue weighted by Crippen LogP contribution is 2.35. The molecular formula is C23H16BNO2. The first kappa shape index (κ1) is 17.1. The molecule has 0 atom stereocenters. The van der Waals surface area contributed by atoms with Crippen LogP contribution < -0.4 is 5.46 Å². The van der Waals surface area contributed by atoms with Gasteiger partial charge in [-0.1, -0.05) is 72.8 Å². The van der Waals surface area contributed by atoms with Crippen LogP contribution in [0.25, 0.3) is 33.0 Å². The van der Waals surface area contributed by atoms with Crippen LogP contribution in [-0.4, -0.2) is 17.2 Å². The van der Waals surface area contributed by atoms with Gasteiger partial charge in [-0.15, -0.1) is 0 Å². The van der Waals surface area contributed by atoms with E-state index in [2.05, 4.69) is 30.3 Å². The minimum Gasteiger partial charge on any atom is -0.423 e. The van der Waals surface area contributed by atoms with E-state index >= 15 is 0 Å². The molecule has 0 amide bonds. The molecule has 4 heteroatoms. The quantitative estimate of drug-likeness (QED) is 0.554. The Labute approximate surface area is 157 Å². The van der Waals surface area contributed by atoms with Gasteiger partial charge in [-0.05, 0) is 50.6 Å². The number of hydrogen-bond donors (Lipinski definition) is 2. The lowest BCUT2D eigenvalue weighted by Crippen LogP contribution is -2.29. The Morgan fingerprint density at radius 1 is 0.630 bits per heavy atom. The molecular weight excluding hydrogens is 333 g/mol. The highest BCUT2D eigenvalue weighted by Gasteiger charge is 2.12. The lowest BCUT2D eigenvalue weighted by atomic mass is 9.79. The topological polar surface area (TPSA) is 64.2 Å². The number of nitriles is 1. The smallest absolute Gasteiger partial charge is 0.423 e. The number of benzene rings is 4. The van der Waals surface area contributed by atoms with Gasteiger partial charge in [0.2, 0.25) is 0 Å². The van der Waals surface area contributed by atoms with Crippen molar-refractivity contribution in [3.63, 3.8) is 0 Å². The molecule has 4 aromatic rings. The molecule has 0 aliphatic heterocycles. The second-order valence-electron chi connectivity index (χ2n) is 6.39. The summed E-state index contributed by atoms with van der Waals surface area (Å²) in [5.74, 6) is 0. The summed E-state index contributed by atoms with van der Waals surface area (Å²) in [4.78, 5) is 0. The molecule has 0 spiro atoms. The van der Waals surface area contributed by atoms with Gasteiger partial charge >= 0.3 is 7.12 Å². The zero-order valence-electron chi connectivity index (χ0n) is 14.5. The minimum absolute atomic E-state index is 0.470. The minimum atomic E-state index is -1.46. The van der Waals surface area contributed by atoms with Crippen molar-refractivity contribution in [1.82, 2.24) is 0 Å². The van der Waals surface area contributed by atoms with E-state index in [9.17, 15) is 10.0 Å². The van der Waals surface area contributed by atoms with Crippen LogP contribution in [0.4, 0.5) is 0 Å². The molecule has 0 bridgehead atoms. The molecule has 0 heterocycles. The van der Waals surface area contributed by atoms with Gasteiger partial charge < -0.3 is 10.0 Å². The first-order valence-corrected chi connectivity index (χ1v) is 8.66. The Kier molecular flexibility index (Phi) is 4.47. The van der Waals surface area contributed by atoms with Crippen molar-refractivity contribution in [3.05, 3.63) is 90.5 Å². The lowest BCUT2D eigenvalue weighted by Gasteiger charge is -2.12. The molecule has 128 valence electrons. The molecule has 0 fully saturated rings. The highest BCUT2D eigenvalue weighted by molar-refractivity contribution is 6.58. The van der Waals surface area contributed by atoms with E-state index in [0.29, 0.717) is 11.0 Å². The first-order valence-electron chi connectivity index (χ1n) is 8.66. The average molecular weight is 349 g/mol. The van der Waals surface area contributed by atoms with Gasteiger partial charge in [-0.25, -0.2) is 0 Å². The zero-order chi connectivity index (χ0) is 18.8. The molecule has 0 aliphatic rings. The SMILES string of the molecule is N#Cc1ccc(-c2ccc(-c3ccc(B(O)O)cc3)c3ccccc23)cc1. The summed E-state index contributed by atoms with van der Waals surface area (Å²) in [6.45, 7) is 0. The van der Waals surface area contributed by atoms with E-state index in [4.69, 9.17) is 5.26 Å². The molecule has 0 saturated heterocycles. The third-order valence-corrected chi connectivity index (χ3v) is 4.77. The van der Waals surface area contributed by atoms with Crippen LogP contribution in [0, 0.1) is 11.3 Å². The summed E-state index contributed by atoms with van der Waals surface area (Å²) in [5, 5.41) is 29.8. The third-order valence-electron chi connectivity index (χ3n) is 4.77. The van der Waals surface area contributed by atoms with Crippen LogP contribution >= 0.6 is 0 Å². The summed E-state index contributed by atoms with van der Waals surface area (Å²) in [6.07, 6.45) is 0. The van der Waals surface area contributed by atoms with Crippen LogP contribution in [0.2, 0.25) is 0 Å². The van der Waals surface area contributed by atoms with Gasteiger partial charge in [-0.3, -0.25) is 0 Å². The van der Waals surface area contributed by atoms with E-state index in [0.717, 1.165) is 33.0 Å². The van der Waals surface area contributed by atoms with Gasteiger partial charge in [0.05, 0.1) is 11.6 Å². The van der Waals surface area contributed by atoms with Crippen molar-refractivity contribution in [2.45, 2.75) is 0 Å². The van der Waals surface area contributed by atoms with Crippen LogP contribution in [-0.2, 0) is 0 Å². The number of hydrogen-bond acceptors (Lipinski definition) is 3. The second kappa shape index (κ2) is 7.09. The maximum absolute atomic E-state index is 9.29. The predicted molar refractivity (Wildman–Crippen MR) is 109 cm³/mol. The number of nitrogens with zero attached hydrogens (tertiary/aromatic N) is 1. The molecule has 27 heavy (non-hydrogen) atoms. The Balaban J connectivity index is 1.86.